The number of carbonyl (C=O) groups is 1. The number of carboxylic acids is 1. The van der Waals surface area contributed by atoms with Crippen LogP contribution in [0.4, 0.5) is 5.82 Å². The summed E-state index contributed by atoms with van der Waals surface area (Å²) in [5, 5.41) is 10.8. The summed E-state index contributed by atoms with van der Waals surface area (Å²) in [4.78, 5) is 18.5. The molecule has 112 valence electrons. The first-order valence-electron chi connectivity index (χ1n) is 6.81. The predicted molar refractivity (Wildman–Crippen MR) is 82.0 cm³/mol. The fourth-order valence-electron chi connectivity index (χ4n) is 2.68. The van der Waals surface area contributed by atoms with E-state index < -0.39 is 5.97 Å². The van der Waals surface area contributed by atoms with Crippen LogP contribution in [0.3, 0.4) is 0 Å². The molecule has 3 heterocycles. The zero-order valence-corrected chi connectivity index (χ0v) is 12.7. The van der Waals surface area contributed by atoms with Gasteiger partial charge in [-0.1, -0.05) is 0 Å². The van der Waals surface area contributed by atoms with E-state index in [1.54, 1.807) is 6.08 Å². The summed E-state index contributed by atoms with van der Waals surface area (Å²) < 4.78 is 7.67. The van der Waals surface area contributed by atoms with Crippen molar-refractivity contribution in [1.29, 1.82) is 0 Å². The molecule has 1 aliphatic rings. The van der Waals surface area contributed by atoms with E-state index in [2.05, 4.69) is 9.88 Å². The lowest BCUT2D eigenvalue weighted by Crippen LogP contribution is -2.45. The summed E-state index contributed by atoms with van der Waals surface area (Å²) in [6, 6.07) is 0. The van der Waals surface area contributed by atoms with Gasteiger partial charge in [0, 0.05) is 30.7 Å². The number of morpholine rings is 1. The van der Waals surface area contributed by atoms with Crippen molar-refractivity contribution in [2.24, 2.45) is 0 Å². The Hall–Kier alpha value is -1.86. The molecule has 0 aliphatic carbocycles. The molecule has 1 fully saturated rings. The molecule has 7 heteroatoms. The maximum atomic E-state index is 10.8. The number of hydrogen-bond donors (Lipinski definition) is 1. The van der Waals surface area contributed by atoms with E-state index in [9.17, 15) is 4.79 Å². The standard InChI is InChI=1S/C14H17N3O3S/c1-9-7-16(8-10(2)20-9)13-11(3-4-12(18)19)17-5-6-21-14(17)15-13/h3-6,9-10H,7-8H2,1-2H3,(H,18,19). The van der Waals surface area contributed by atoms with Gasteiger partial charge in [0.25, 0.3) is 0 Å². The molecule has 6 nitrogen and oxygen atoms in total. The first kappa shape index (κ1) is 14.1. The van der Waals surface area contributed by atoms with E-state index in [-0.39, 0.29) is 12.2 Å². The van der Waals surface area contributed by atoms with Gasteiger partial charge >= 0.3 is 5.97 Å². The van der Waals surface area contributed by atoms with Crippen LogP contribution < -0.4 is 4.90 Å². The summed E-state index contributed by atoms with van der Waals surface area (Å²) in [6.45, 7) is 5.58. The van der Waals surface area contributed by atoms with Gasteiger partial charge in [0.1, 0.15) is 0 Å². The van der Waals surface area contributed by atoms with Crippen LogP contribution in [0.25, 0.3) is 11.0 Å². The van der Waals surface area contributed by atoms with Crippen LogP contribution in [0.2, 0.25) is 0 Å². The van der Waals surface area contributed by atoms with Crippen molar-refractivity contribution < 1.29 is 14.6 Å². The van der Waals surface area contributed by atoms with Gasteiger partial charge in [-0.15, -0.1) is 11.3 Å². The molecule has 0 amide bonds. The van der Waals surface area contributed by atoms with Crippen LogP contribution in [0, 0.1) is 0 Å². The zero-order chi connectivity index (χ0) is 15.0. The van der Waals surface area contributed by atoms with Gasteiger partial charge in [0.2, 0.25) is 0 Å². The molecule has 3 rings (SSSR count). The number of thiazole rings is 1. The Labute approximate surface area is 126 Å². The highest BCUT2D eigenvalue weighted by atomic mass is 32.1. The molecule has 0 saturated carbocycles. The van der Waals surface area contributed by atoms with Gasteiger partial charge in [-0.3, -0.25) is 4.40 Å². The van der Waals surface area contributed by atoms with Crippen molar-refractivity contribution in [3.05, 3.63) is 23.3 Å². The Kier molecular flexibility index (Phi) is 3.69. The minimum absolute atomic E-state index is 0.129. The van der Waals surface area contributed by atoms with Gasteiger partial charge in [0.15, 0.2) is 10.8 Å². The highest BCUT2D eigenvalue weighted by Crippen LogP contribution is 2.28. The maximum absolute atomic E-state index is 10.8. The number of nitrogens with zero attached hydrogens (tertiary/aromatic N) is 3. The molecule has 2 atom stereocenters. The Morgan fingerprint density at radius 2 is 2.19 bits per heavy atom. The van der Waals surface area contributed by atoms with Crippen molar-refractivity contribution >= 4 is 34.2 Å². The smallest absolute Gasteiger partial charge is 0.328 e. The molecule has 0 bridgehead atoms. The number of carboxylic acid groups (broad SMARTS) is 1. The first-order valence-corrected chi connectivity index (χ1v) is 7.69. The Morgan fingerprint density at radius 3 is 2.86 bits per heavy atom. The lowest BCUT2D eigenvalue weighted by Gasteiger charge is -2.35. The Balaban J connectivity index is 2.02. The van der Waals surface area contributed by atoms with Crippen LogP contribution in [-0.4, -0.2) is 45.8 Å². The average Bonchev–Trinajstić information content (AvgIpc) is 2.95. The molecular formula is C14H17N3O3S. The number of imidazole rings is 1. The molecular weight excluding hydrogens is 290 g/mol. The number of anilines is 1. The molecule has 0 aromatic carbocycles. The molecule has 0 spiro atoms. The molecule has 1 saturated heterocycles. The third-order valence-electron chi connectivity index (χ3n) is 3.38. The molecule has 2 aromatic rings. The van der Waals surface area contributed by atoms with Crippen molar-refractivity contribution in [2.45, 2.75) is 26.1 Å². The monoisotopic (exact) mass is 307 g/mol. The second-order valence-electron chi connectivity index (χ2n) is 5.21. The van der Waals surface area contributed by atoms with Crippen LogP contribution in [0.15, 0.2) is 17.7 Å². The van der Waals surface area contributed by atoms with E-state index in [0.717, 1.165) is 35.6 Å². The van der Waals surface area contributed by atoms with Crippen LogP contribution in [0.5, 0.6) is 0 Å². The number of rotatable bonds is 3. The summed E-state index contributed by atoms with van der Waals surface area (Å²) in [7, 11) is 0. The third kappa shape index (κ3) is 2.79. The summed E-state index contributed by atoms with van der Waals surface area (Å²) in [5.74, 6) is -0.142. The Bertz CT molecular complexity index is 681. The average molecular weight is 307 g/mol. The molecule has 2 unspecified atom stereocenters. The lowest BCUT2D eigenvalue weighted by atomic mass is 10.2. The summed E-state index contributed by atoms with van der Waals surface area (Å²) in [6.07, 6.45) is 4.92. The quantitative estimate of drug-likeness (QED) is 0.880. The topological polar surface area (TPSA) is 67.1 Å². The second kappa shape index (κ2) is 5.50. The summed E-state index contributed by atoms with van der Waals surface area (Å²) >= 11 is 1.53. The zero-order valence-electron chi connectivity index (χ0n) is 11.9. The molecule has 1 aliphatic heterocycles. The minimum atomic E-state index is -0.963. The normalized spacial score (nSPS) is 23.2. The number of aromatic nitrogens is 2. The fourth-order valence-corrected chi connectivity index (χ4v) is 3.40. The molecule has 21 heavy (non-hydrogen) atoms. The van der Waals surface area contributed by atoms with Gasteiger partial charge in [-0.2, -0.15) is 0 Å². The van der Waals surface area contributed by atoms with Gasteiger partial charge in [-0.05, 0) is 19.9 Å². The van der Waals surface area contributed by atoms with E-state index in [1.165, 1.54) is 11.3 Å². The number of fused-ring (bicyclic) bond motifs is 1. The minimum Gasteiger partial charge on any atom is -0.478 e. The second-order valence-corrected chi connectivity index (χ2v) is 6.08. The Morgan fingerprint density at radius 1 is 1.48 bits per heavy atom. The van der Waals surface area contributed by atoms with Crippen LogP contribution in [0.1, 0.15) is 19.5 Å². The molecule has 2 aromatic heterocycles. The van der Waals surface area contributed by atoms with Crippen LogP contribution in [-0.2, 0) is 9.53 Å². The van der Waals surface area contributed by atoms with E-state index in [4.69, 9.17) is 9.84 Å². The highest BCUT2D eigenvalue weighted by Gasteiger charge is 2.26. The number of hydrogen-bond acceptors (Lipinski definition) is 5. The predicted octanol–water partition coefficient (Wildman–Crippen LogP) is 2.11. The maximum Gasteiger partial charge on any atom is 0.328 e. The van der Waals surface area contributed by atoms with Gasteiger partial charge < -0.3 is 14.7 Å². The SMILES string of the molecule is CC1CN(c2nc3sccn3c2C=CC(=O)O)CC(C)O1. The lowest BCUT2D eigenvalue weighted by molar-refractivity contribution is -0.131. The third-order valence-corrected chi connectivity index (χ3v) is 4.14. The molecule has 0 radical (unpaired) electrons. The van der Waals surface area contributed by atoms with E-state index >= 15 is 0 Å². The number of ether oxygens (including phenoxy) is 1. The largest absolute Gasteiger partial charge is 0.478 e. The van der Waals surface area contributed by atoms with Crippen molar-refractivity contribution in [1.82, 2.24) is 9.38 Å². The highest BCUT2D eigenvalue weighted by molar-refractivity contribution is 7.15. The fraction of sp³-hybridized carbons (Fsp3) is 0.429. The van der Waals surface area contributed by atoms with Gasteiger partial charge in [-0.25, -0.2) is 9.78 Å². The van der Waals surface area contributed by atoms with E-state index in [0.29, 0.717) is 0 Å². The van der Waals surface area contributed by atoms with Crippen molar-refractivity contribution in [3.8, 4) is 0 Å². The van der Waals surface area contributed by atoms with E-state index in [1.807, 2.05) is 29.8 Å². The van der Waals surface area contributed by atoms with Crippen molar-refractivity contribution in [3.63, 3.8) is 0 Å². The summed E-state index contributed by atoms with van der Waals surface area (Å²) in [5.41, 5.74) is 0.801. The van der Waals surface area contributed by atoms with Crippen molar-refractivity contribution in [2.75, 3.05) is 18.0 Å². The first-order chi connectivity index (χ1) is 10.0. The number of aliphatic carboxylic acids is 1. The van der Waals surface area contributed by atoms with Gasteiger partial charge in [0.05, 0.1) is 17.9 Å². The van der Waals surface area contributed by atoms with Crippen LogP contribution >= 0.6 is 11.3 Å². The molecule has 1 N–H and O–H groups in total.